The number of benzene rings is 1. The Morgan fingerprint density at radius 1 is 1.35 bits per heavy atom. The van der Waals surface area contributed by atoms with Crippen LogP contribution in [-0.4, -0.2) is 37.2 Å². The summed E-state index contributed by atoms with van der Waals surface area (Å²) in [5, 5.41) is 2.54. The number of carbonyl (C=O) groups is 1. The predicted molar refractivity (Wildman–Crippen MR) is 93.4 cm³/mol. The van der Waals surface area contributed by atoms with E-state index in [1.165, 1.54) is 6.20 Å². The molecule has 2 aromatic rings. The van der Waals surface area contributed by atoms with E-state index in [0.717, 1.165) is 0 Å². The molecule has 0 atom stereocenters. The van der Waals surface area contributed by atoms with Gasteiger partial charge in [0.2, 0.25) is 12.7 Å². The largest absolute Gasteiger partial charge is 0.454 e. The van der Waals surface area contributed by atoms with Gasteiger partial charge in [-0.2, -0.15) is 0 Å². The molecular weight excluding hydrogens is 362 g/mol. The standard InChI is InChI=1S/C15H19N5O5S/c1-9-18-15(7-20(9)2)26(22,23)17-4-3-14(21)19-11-6-13-12(5-10(11)16)24-8-25-13/h5-7,17H,3-4,8,16H2,1-2H3,(H,19,21). The summed E-state index contributed by atoms with van der Waals surface area (Å²) in [6.45, 7) is 1.72. The van der Waals surface area contributed by atoms with Crippen molar-refractivity contribution in [3.63, 3.8) is 0 Å². The van der Waals surface area contributed by atoms with Crippen molar-refractivity contribution in [2.45, 2.75) is 18.4 Å². The SMILES string of the molecule is Cc1nc(S(=O)(=O)NCCC(=O)Nc2cc3c(cc2N)OCO3)cn1C. The molecule has 0 aliphatic carbocycles. The summed E-state index contributed by atoms with van der Waals surface area (Å²) < 4.78 is 38.7. The van der Waals surface area contributed by atoms with Gasteiger partial charge in [-0.3, -0.25) is 4.79 Å². The Bertz CT molecular complexity index is 934. The van der Waals surface area contributed by atoms with Crippen molar-refractivity contribution in [3.8, 4) is 11.5 Å². The van der Waals surface area contributed by atoms with Gasteiger partial charge >= 0.3 is 0 Å². The Morgan fingerprint density at radius 3 is 2.69 bits per heavy atom. The van der Waals surface area contributed by atoms with Gasteiger partial charge in [0.15, 0.2) is 16.5 Å². The number of rotatable bonds is 6. The highest BCUT2D eigenvalue weighted by molar-refractivity contribution is 7.89. The number of nitrogens with two attached hydrogens (primary N) is 1. The summed E-state index contributed by atoms with van der Waals surface area (Å²) in [4.78, 5) is 16.0. The molecule has 10 nitrogen and oxygen atoms in total. The monoisotopic (exact) mass is 381 g/mol. The lowest BCUT2D eigenvalue weighted by molar-refractivity contribution is -0.116. The van der Waals surface area contributed by atoms with E-state index >= 15 is 0 Å². The van der Waals surface area contributed by atoms with Gasteiger partial charge in [-0.1, -0.05) is 0 Å². The number of hydrogen-bond acceptors (Lipinski definition) is 7. The molecule has 140 valence electrons. The van der Waals surface area contributed by atoms with Crippen LogP contribution in [0.3, 0.4) is 0 Å². The molecular formula is C15H19N5O5S. The lowest BCUT2D eigenvalue weighted by atomic mass is 10.2. The summed E-state index contributed by atoms with van der Waals surface area (Å²) >= 11 is 0. The number of nitrogens with one attached hydrogen (secondary N) is 2. The number of carbonyl (C=O) groups excluding carboxylic acids is 1. The number of aromatic nitrogens is 2. The average molecular weight is 381 g/mol. The van der Waals surface area contributed by atoms with E-state index in [1.54, 1.807) is 30.7 Å². The number of aryl methyl sites for hydroxylation is 2. The molecule has 0 radical (unpaired) electrons. The van der Waals surface area contributed by atoms with Crippen molar-refractivity contribution in [2.75, 3.05) is 24.4 Å². The number of nitrogen functional groups attached to an aromatic ring is 1. The summed E-state index contributed by atoms with van der Waals surface area (Å²) in [5.41, 5.74) is 6.56. The number of hydrogen-bond donors (Lipinski definition) is 3. The van der Waals surface area contributed by atoms with Crippen molar-refractivity contribution in [3.05, 3.63) is 24.2 Å². The molecule has 2 heterocycles. The van der Waals surface area contributed by atoms with Gasteiger partial charge in [-0.05, 0) is 6.92 Å². The zero-order chi connectivity index (χ0) is 18.9. The van der Waals surface area contributed by atoms with Gasteiger partial charge in [0.05, 0.1) is 11.4 Å². The lowest BCUT2D eigenvalue weighted by Crippen LogP contribution is -2.28. The molecule has 1 aliphatic heterocycles. The van der Waals surface area contributed by atoms with Crippen LogP contribution in [0.25, 0.3) is 0 Å². The third kappa shape index (κ3) is 3.73. The second kappa shape index (κ2) is 6.84. The van der Waals surface area contributed by atoms with Crippen LogP contribution in [0.4, 0.5) is 11.4 Å². The molecule has 4 N–H and O–H groups in total. The van der Waals surface area contributed by atoms with Crippen LogP contribution in [0.2, 0.25) is 0 Å². The van der Waals surface area contributed by atoms with Crippen LogP contribution < -0.4 is 25.2 Å². The lowest BCUT2D eigenvalue weighted by Gasteiger charge is -2.09. The Balaban J connectivity index is 1.56. The molecule has 1 aromatic carbocycles. The molecule has 26 heavy (non-hydrogen) atoms. The Hall–Kier alpha value is -2.79. The zero-order valence-electron chi connectivity index (χ0n) is 14.3. The number of anilines is 2. The van der Waals surface area contributed by atoms with Crippen LogP contribution in [0.15, 0.2) is 23.4 Å². The average Bonchev–Trinajstić information content (AvgIpc) is 3.14. The van der Waals surface area contributed by atoms with Crippen molar-refractivity contribution < 1.29 is 22.7 Å². The summed E-state index contributed by atoms with van der Waals surface area (Å²) in [6, 6.07) is 3.13. The van der Waals surface area contributed by atoms with Crippen molar-refractivity contribution >= 4 is 27.3 Å². The molecule has 0 bridgehead atoms. The van der Waals surface area contributed by atoms with Gasteiger partial charge in [0.25, 0.3) is 10.0 Å². The topological polar surface area (TPSA) is 138 Å². The fraction of sp³-hybridized carbons (Fsp3) is 0.333. The molecule has 1 aliphatic rings. The molecule has 0 unspecified atom stereocenters. The predicted octanol–water partition coefficient (Wildman–Crippen LogP) is 0.347. The third-order valence-corrected chi connectivity index (χ3v) is 5.16. The first-order valence-corrected chi connectivity index (χ1v) is 9.23. The van der Waals surface area contributed by atoms with E-state index < -0.39 is 15.9 Å². The van der Waals surface area contributed by atoms with Crippen molar-refractivity contribution in [1.82, 2.24) is 14.3 Å². The number of amides is 1. The van der Waals surface area contributed by atoms with Crippen LogP contribution >= 0.6 is 0 Å². The van der Waals surface area contributed by atoms with E-state index in [2.05, 4.69) is 15.0 Å². The first kappa shape index (κ1) is 18.0. The summed E-state index contributed by atoms with van der Waals surface area (Å²) in [7, 11) is -2.07. The van der Waals surface area contributed by atoms with Crippen molar-refractivity contribution in [2.24, 2.45) is 7.05 Å². The maximum Gasteiger partial charge on any atom is 0.259 e. The molecule has 1 amide bonds. The van der Waals surface area contributed by atoms with Crippen molar-refractivity contribution in [1.29, 1.82) is 0 Å². The second-order valence-corrected chi connectivity index (χ2v) is 7.44. The second-order valence-electron chi connectivity index (χ2n) is 5.73. The van der Waals surface area contributed by atoms with Gasteiger partial charge in [0, 0.05) is 38.3 Å². The number of ether oxygens (including phenoxy) is 2. The minimum absolute atomic E-state index is 0.0705. The molecule has 0 spiro atoms. The zero-order valence-corrected chi connectivity index (χ0v) is 15.1. The quantitative estimate of drug-likeness (QED) is 0.614. The fourth-order valence-electron chi connectivity index (χ4n) is 2.31. The maximum absolute atomic E-state index is 12.2. The first-order valence-electron chi connectivity index (χ1n) is 7.75. The van der Waals surface area contributed by atoms with Gasteiger partial charge < -0.3 is 25.1 Å². The van der Waals surface area contributed by atoms with E-state index in [0.29, 0.717) is 28.7 Å². The Labute approximate surface area is 150 Å². The highest BCUT2D eigenvalue weighted by atomic mass is 32.2. The maximum atomic E-state index is 12.2. The highest BCUT2D eigenvalue weighted by Gasteiger charge is 2.20. The normalized spacial score (nSPS) is 13.0. The molecule has 11 heteroatoms. The number of imidazole rings is 1. The minimum atomic E-state index is -3.77. The first-order chi connectivity index (χ1) is 12.3. The fourth-order valence-corrected chi connectivity index (χ4v) is 3.38. The summed E-state index contributed by atoms with van der Waals surface area (Å²) in [5.74, 6) is 1.18. The van der Waals surface area contributed by atoms with Crippen LogP contribution in [0.1, 0.15) is 12.2 Å². The number of fused-ring (bicyclic) bond motifs is 1. The van der Waals surface area contributed by atoms with Crippen LogP contribution in [-0.2, 0) is 21.9 Å². The molecule has 0 saturated heterocycles. The smallest absolute Gasteiger partial charge is 0.259 e. The molecule has 0 fully saturated rings. The molecule has 1 aromatic heterocycles. The Morgan fingerprint density at radius 2 is 2.04 bits per heavy atom. The van der Waals surface area contributed by atoms with Gasteiger partial charge in [0.1, 0.15) is 5.82 Å². The molecule has 0 saturated carbocycles. The van der Waals surface area contributed by atoms with Crippen LogP contribution in [0.5, 0.6) is 11.5 Å². The van der Waals surface area contributed by atoms with Crippen LogP contribution in [0, 0.1) is 6.92 Å². The number of sulfonamides is 1. The van der Waals surface area contributed by atoms with E-state index in [9.17, 15) is 13.2 Å². The minimum Gasteiger partial charge on any atom is -0.454 e. The van der Waals surface area contributed by atoms with Gasteiger partial charge in [-0.25, -0.2) is 18.1 Å². The van der Waals surface area contributed by atoms with E-state index in [4.69, 9.17) is 15.2 Å². The molecule has 3 rings (SSSR count). The van der Waals surface area contributed by atoms with E-state index in [1.807, 2.05) is 0 Å². The number of nitrogens with zero attached hydrogens (tertiary/aromatic N) is 2. The highest BCUT2D eigenvalue weighted by Crippen LogP contribution is 2.38. The van der Waals surface area contributed by atoms with E-state index in [-0.39, 0.29) is 24.8 Å². The third-order valence-electron chi connectivity index (χ3n) is 3.82. The Kier molecular flexibility index (Phi) is 4.74. The van der Waals surface area contributed by atoms with Gasteiger partial charge in [-0.15, -0.1) is 0 Å². The summed E-state index contributed by atoms with van der Waals surface area (Å²) in [6.07, 6.45) is 1.34.